The zero-order valence-electron chi connectivity index (χ0n) is 16.2. The second-order valence-corrected chi connectivity index (χ2v) is 7.98. The summed E-state index contributed by atoms with van der Waals surface area (Å²) >= 11 is 1.71. The van der Waals surface area contributed by atoms with Gasteiger partial charge in [-0.15, -0.1) is 11.8 Å². The maximum Gasteiger partial charge on any atom is 0.245 e. The molecule has 0 N–H and O–H groups in total. The first kappa shape index (κ1) is 18.6. The summed E-state index contributed by atoms with van der Waals surface area (Å²) in [6, 6.07) is 14.1. The minimum absolute atomic E-state index is 0.0154. The molecule has 1 aliphatic heterocycles. The summed E-state index contributed by atoms with van der Waals surface area (Å²) in [6.07, 6.45) is 6.10. The van der Waals surface area contributed by atoms with Crippen molar-refractivity contribution in [2.45, 2.75) is 31.2 Å². The Kier molecular flexibility index (Phi) is 5.13. The van der Waals surface area contributed by atoms with Crippen LogP contribution >= 0.6 is 11.8 Å². The number of thioether (sulfide) groups is 1. The topological polar surface area (TPSA) is 58.5 Å². The van der Waals surface area contributed by atoms with Gasteiger partial charge in [0.25, 0.3) is 0 Å². The van der Waals surface area contributed by atoms with E-state index in [1.807, 2.05) is 32.0 Å². The standard InChI is InChI=1S/C22H22N4OS/c1-14(2)22(27)26-20(17-5-4-6-18-21(17)24-12-11-23-18)13-19(25-26)15-7-9-16(28-3)10-8-15/h4-12,14,20H,13H2,1-3H3. The van der Waals surface area contributed by atoms with Crippen molar-refractivity contribution < 1.29 is 4.79 Å². The van der Waals surface area contributed by atoms with Gasteiger partial charge in [0.2, 0.25) is 5.91 Å². The molecule has 0 saturated heterocycles. The van der Waals surface area contributed by atoms with Gasteiger partial charge in [-0.2, -0.15) is 5.10 Å². The fourth-order valence-corrected chi connectivity index (χ4v) is 3.87. The Bertz CT molecular complexity index is 1040. The van der Waals surface area contributed by atoms with Gasteiger partial charge < -0.3 is 0 Å². The normalized spacial score (nSPS) is 16.6. The SMILES string of the molecule is CSc1ccc(C2=NN(C(=O)C(C)C)C(c3cccc4nccnc34)C2)cc1. The van der Waals surface area contributed by atoms with Crippen LogP contribution in [0.5, 0.6) is 0 Å². The van der Waals surface area contributed by atoms with Crippen molar-refractivity contribution in [3.63, 3.8) is 0 Å². The lowest BCUT2D eigenvalue weighted by atomic mass is 9.96. The van der Waals surface area contributed by atoms with Crippen molar-refractivity contribution in [1.82, 2.24) is 15.0 Å². The summed E-state index contributed by atoms with van der Waals surface area (Å²) in [7, 11) is 0. The zero-order chi connectivity index (χ0) is 19.7. The van der Waals surface area contributed by atoms with Crippen LogP contribution < -0.4 is 0 Å². The third-order valence-electron chi connectivity index (χ3n) is 4.94. The molecule has 0 saturated carbocycles. The molecule has 0 aliphatic carbocycles. The number of para-hydroxylation sites is 1. The highest BCUT2D eigenvalue weighted by atomic mass is 32.2. The summed E-state index contributed by atoms with van der Waals surface area (Å²) < 4.78 is 0. The van der Waals surface area contributed by atoms with E-state index in [-0.39, 0.29) is 17.9 Å². The fourth-order valence-electron chi connectivity index (χ4n) is 3.46. The van der Waals surface area contributed by atoms with Crippen molar-refractivity contribution in [1.29, 1.82) is 0 Å². The molecule has 6 heteroatoms. The summed E-state index contributed by atoms with van der Waals surface area (Å²) in [4.78, 5) is 23.1. The minimum atomic E-state index is -0.175. The summed E-state index contributed by atoms with van der Waals surface area (Å²) in [5, 5.41) is 6.39. The molecule has 2 aromatic carbocycles. The molecule has 0 fully saturated rings. The van der Waals surface area contributed by atoms with Crippen molar-refractivity contribution in [3.8, 4) is 0 Å². The molecule has 1 atom stereocenters. The number of hydrazone groups is 1. The minimum Gasteiger partial charge on any atom is -0.273 e. The highest BCUT2D eigenvalue weighted by Crippen LogP contribution is 2.36. The maximum absolute atomic E-state index is 12.9. The number of hydrogen-bond acceptors (Lipinski definition) is 5. The van der Waals surface area contributed by atoms with E-state index in [4.69, 9.17) is 5.10 Å². The molecule has 5 nitrogen and oxygen atoms in total. The third kappa shape index (κ3) is 3.40. The van der Waals surface area contributed by atoms with E-state index < -0.39 is 0 Å². The molecular weight excluding hydrogens is 368 g/mol. The number of fused-ring (bicyclic) bond motifs is 1. The van der Waals surface area contributed by atoms with Crippen molar-refractivity contribution in [2.75, 3.05) is 6.26 Å². The highest BCUT2D eigenvalue weighted by Gasteiger charge is 2.35. The number of aromatic nitrogens is 2. The molecule has 1 unspecified atom stereocenters. The first-order valence-electron chi connectivity index (χ1n) is 9.33. The van der Waals surface area contributed by atoms with E-state index >= 15 is 0 Å². The molecule has 0 bridgehead atoms. The summed E-state index contributed by atoms with van der Waals surface area (Å²) in [5.74, 6) is -0.118. The van der Waals surface area contributed by atoms with E-state index in [1.54, 1.807) is 29.2 Å². The first-order chi connectivity index (χ1) is 13.6. The Morgan fingerprint density at radius 2 is 1.86 bits per heavy atom. The van der Waals surface area contributed by atoms with E-state index in [0.717, 1.165) is 27.9 Å². The molecule has 1 aliphatic rings. The Labute approximate surface area is 168 Å². The smallest absolute Gasteiger partial charge is 0.245 e. The third-order valence-corrected chi connectivity index (χ3v) is 5.69. The van der Waals surface area contributed by atoms with Crippen molar-refractivity contribution in [3.05, 3.63) is 66.0 Å². The van der Waals surface area contributed by atoms with Crippen LogP contribution in [0.3, 0.4) is 0 Å². The molecule has 142 valence electrons. The number of carbonyl (C=O) groups is 1. The molecule has 3 aromatic rings. The number of hydrogen-bond donors (Lipinski definition) is 0. The summed E-state index contributed by atoms with van der Waals surface area (Å²) in [6.45, 7) is 3.81. The van der Waals surface area contributed by atoms with Gasteiger partial charge in [0.15, 0.2) is 0 Å². The summed E-state index contributed by atoms with van der Waals surface area (Å²) in [5.41, 5.74) is 4.61. The van der Waals surface area contributed by atoms with Gasteiger partial charge in [0.05, 0.1) is 22.8 Å². The molecular formula is C22H22N4OS. The molecule has 28 heavy (non-hydrogen) atoms. The predicted octanol–water partition coefficient (Wildman–Crippen LogP) is 4.69. The van der Waals surface area contributed by atoms with E-state index in [2.05, 4.69) is 40.5 Å². The molecule has 0 radical (unpaired) electrons. The van der Waals surface area contributed by atoms with Gasteiger partial charge in [-0.05, 0) is 30.0 Å². The van der Waals surface area contributed by atoms with Gasteiger partial charge >= 0.3 is 0 Å². The molecule has 1 aromatic heterocycles. The second-order valence-electron chi connectivity index (χ2n) is 7.10. The van der Waals surface area contributed by atoms with Gasteiger partial charge in [-0.3, -0.25) is 14.8 Å². The van der Waals surface area contributed by atoms with Crippen LogP contribution in [0.1, 0.15) is 37.4 Å². The number of amides is 1. The molecule has 0 spiro atoms. The van der Waals surface area contributed by atoms with Gasteiger partial charge in [-0.1, -0.05) is 38.1 Å². The highest BCUT2D eigenvalue weighted by molar-refractivity contribution is 7.98. The maximum atomic E-state index is 12.9. The van der Waals surface area contributed by atoms with Crippen LogP contribution in [0.25, 0.3) is 11.0 Å². The van der Waals surface area contributed by atoms with Crippen molar-refractivity contribution >= 4 is 34.4 Å². The quantitative estimate of drug-likeness (QED) is 0.607. The lowest BCUT2D eigenvalue weighted by Gasteiger charge is -2.24. The average Bonchev–Trinajstić information content (AvgIpc) is 3.17. The number of benzene rings is 2. The Morgan fingerprint density at radius 3 is 2.57 bits per heavy atom. The van der Waals surface area contributed by atoms with Crippen LogP contribution in [0.2, 0.25) is 0 Å². The van der Waals surface area contributed by atoms with Crippen LogP contribution in [0.4, 0.5) is 0 Å². The monoisotopic (exact) mass is 390 g/mol. The largest absolute Gasteiger partial charge is 0.273 e. The second kappa shape index (κ2) is 7.72. The van der Waals surface area contributed by atoms with Crippen LogP contribution in [0.15, 0.2) is 64.9 Å². The first-order valence-corrected chi connectivity index (χ1v) is 10.6. The molecule has 4 rings (SSSR count). The zero-order valence-corrected chi connectivity index (χ0v) is 17.0. The predicted molar refractivity (Wildman–Crippen MR) is 113 cm³/mol. The average molecular weight is 391 g/mol. The van der Waals surface area contributed by atoms with Crippen LogP contribution in [-0.2, 0) is 4.79 Å². The Morgan fingerprint density at radius 1 is 1.11 bits per heavy atom. The lowest BCUT2D eigenvalue weighted by molar-refractivity contribution is -0.136. The lowest BCUT2D eigenvalue weighted by Crippen LogP contribution is -2.30. The molecule has 1 amide bonds. The van der Waals surface area contributed by atoms with Crippen molar-refractivity contribution in [2.24, 2.45) is 11.0 Å². The van der Waals surface area contributed by atoms with E-state index in [9.17, 15) is 4.79 Å². The van der Waals surface area contributed by atoms with Crippen LogP contribution in [0, 0.1) is 5.92 Å². The fraction of sp³-hybridized carbons (Fsp3) is 0.273. The number of rotatable bonds is 4. The van der Waals surface area contributed by atoms with E-state index in [1.165, 1.54) is 4.90 Å². The van der Waals surface area contributed by atoms with Crippen LogP contribution in [-0.4, -0.2) is 32.9 Å². The molecule has 2 heterocycles. The Balaban J connectivity index is 1.77. The van der Waals surface area contributed by atoms with Gasteiger partial charge in [0, 0.05) is 35.2 Å². The van der Waals surface area contributed by atoms with E-state index in [0.29, 0.717) is 6.42 Å². The van der Waals surface area contributed by atoms with Gasteiger partial charge in [-0.25, -0.2) is 5.01 Å². The Hall–Kier alpha value is -2.73. The number of carbonyl (C=O) groups excluding carboxylic acids is 1. The number of nitrogens with zero attached hydrogens (tertiary/aromatic N) is 4. The van der Waals surface area contributed by atoms with Gasteiger partial charge in [0.1, 0.15) is 0 Å².